The standard InChI is InChI=1S/C27H32N2O/c1-22-7-9-25(10-8-22)21-30-27-13-11-23(12-14-27)19-28-26-15-17-29(18-16-26)20-24-5-3-2-4-6-24/h2-14,26,28H,15-21H2,1H3. The van der Waals surface area contributed by atoms with Crippen LogP contribution in [0.3, 0.4) is 0 Å². The highest BCUT2D eigenvalue weighted by atomic mass is 16.5. The Hall–Kier alpha value is -2.62. The molecule has 4 rings (SSSR count). The molecule has 0 spiro atoms. The quantitative estimate of drug-likeness (QED) is 0.553. The molecule has 3 aromatic carbocycles. The van der Waals surface area contributed by atoms with Gasteiger partial charge in [-0.15, -0.1) is 0 Å². The number of ether oxygens (including phenoxy) is 1. The van der Waals surface area contributed by atoms with Gasteiger partial charge in [-0.05, 0) is 61.7 Å². The summed E-state index contributed by atoms with van der Waals surface area (Å²) in [6.07, 6.45) is 2.43. The van der Waals surface area contributed by atoms with Gasteiger partial charge in [-0.25, -0.2) is 0 Å². The average molecular weight is 401 g/mol. The second-order valence-corrected chi connectivity index (χ2v) is 8.34. The van der Waals surface area contributed by atoms with E-state index in [-0.39, 0.29) is 0 Å². The van der Waals surface area contributed by atoms with Crippen molar-refractivity contribution in [2.75, 3.05) is 13.1 Å². The number of hydrogen-bond acceptors (Lipinski definition) is 3. The van der Waals surface area contributed by atoms with Crippen LogP contribution in [0.15, 0.2) is 78.9 Å². The molecular formula is C27H32N2O. The minimum absolute atomic E-state index is 0.606. The van der Waals surface area contributed by atoms with E-state index in [9.17, 15) is 0 Å². The van der Waals surface area contributed by atoms with Crippen LogP contribution < -0.4 is 10.1 Å². The third-order valence-electron chi connectivity index (χ3n) is 5.88. The van der Waals surface area contributed by atoms with Crippen molar-refractivity contribution < 1.29 is 4.74 Å². The summed E-state index contributed by atoms with van der Waals surface area (Å²) in [6.45, 7) is 7.03. The molecule has 0 unspecified atom stereocenters. The minimum atomic E-state index is 0.606. The van der Waals surface area contributed by atoms with Crippen LogP contribution in [-0.4, -0.2) is 24.0 Å². The second kappa shape index (κ2) is 10.4. The van der Waals surface area contributed by atoms with Gasteiger partial charge in [0.15, 0.2) is 0 Å². The Bertz CT molecular complexity index is 882. The predicted octanol–water partition coefficient (Wildman–Crippen LogP) is 5.33. The van der Waals surface area contributed by atoms with Crippen molar-refractivity contribution in [3.63, 3.8) is 0 Å². The molecule has 3 nitrogen and oxygen atoms in total. The maximum atomic E-state index is 5.92. The molecule has 1 heterocycles. The fourth-order valence-electron chi connectivity index (χ4n) is 3.95. The first-order chi connectivity index (χ1) is 14.7. The molecule has 0 saturated carbocycles. The Morgan fingerprint density at radius 3 is 2.17 bits per heavy atom. The number of piperidine rings is 1. The van der Waals surface area contributed by atoms with E-state index < -0.39 is 0 Å². The van der Waals surface area contributed by atoms with Crippen LogP contribution in [0.25, 0.3) is 0 Å². The van der Waals surface area contributed by atoms with Crippen molar-refractivity contribution in [1.29, 1.82) is 0 Å². The monoisotopic (exact) mass is 400 g/mol. The van der Waals surface area contributed by atoms with E-state index in [1.54, 1.807) is 0 Å². The molecule has 3 heteroatoms. The zero-order valence-electron chi connectivity index (χ0n) is 17.9. The molecule has 1 saturated heterocycles. The van der Waals surface area contributed by atoms with Crippen LogP contribution in [-0.2, 0) is 19.7 Å². The number of nitrogens with zero attached hydrogens (tertiary/aromatic N) is 1. The summed E-state index contributed by atoms with van der Waals surface area (Å²) < 4.78 is 5.92. The van der Waals surface area contributed by atoms with Gasteiger partial charge in [-0.2, -0.15) is 0 Å². The lowest BCUT2D eigenvalue weighted by molar-refractivity contribution is 0.190. The molecule has 1 aliphatic heterocycles. The second-order valence-electron chi connectivity index (χ2n) is 8.34. The summed E-state index contributed by atoms with van der Waals surface area (Å²) in [7, 11) is 0. The van der Waals surface area contributed by atoms with Gasteiger partial charge in [0.25, 0.3) is 0 Å². The highest BCUT2D eigenvalue weighted by Gasteiger charge is 2.18. The molecule has 3 aromatic rings. The Balaban J connectivity index is 1.17. The molecule has 0 aliphatic carbocycles. The molecule has 0 atom stereocenters. The normalized spacial score (nSPS) is 15.2. The molecule has 0 aromatic heterocycles. The molecule has 1 fully saturated rings. The molecule has 1 N–H and O–H groups in total. The fraction of sp³-hybridized carbons (Fsp3) is 0.333. The Morgan fingerprint density at radius 2 is 1.47 bits per heavy atom. The maximum Gasteiger partial charge on any atom is 0.119 e. The van der Waals surface area contributed by atoms with Crippen LogP contribution in [0.2, 0.25) is 0 Å². The first-order valence-electron chi connectivity index (χ1n) is 11.0. The van der Waals surface area contributed by atoms with Crippen molar-refractivity contribution in [3.8, 4) is 5.75 Å². The Morgan fingerprint density at radius 1 is 0.800 bits per heavy atom. The number of benzene rings is 3. The summed E-state index contributed by atoms with van der Waals surface area (Å²) in [5, 5.41) is 3.74. The van der Waals surface area contributed by atoms with E-state index in [0.29, 0.717) is 12.6 Å². The lowest BCUT2D eigenvalue weighted by Crippen LogP contribution is -2.41. The van der Waals surface area contributed by atoms with E-state index in [2.05, 4.69) is 96.0 Å². The van der Waals surface area contributed by atoms with E-state index in [0.717, 1.165) is 18.8 Å². The average Bonchev–Trinajstić information content (AvgIpc) is 2.80. The van der Waals surface area contributed by atoms with Crippen LogP contribution in [0.4, 0.5) is 0 Å². The van der Waals surface area contributed by atoms with Gasteiger partial charge in [-0.3, -0.25) is 4.90 Å². The largest absolute Gasteiger partial charge is 0.489 e. The van der Waals surface area contributed by atoms with Crippen molar-refractivity contribution in [3.05, 3.63) is 101 Å². The number of rotatable bonds is 8. The number of aryl methyl sites for hydroxylation is 1. The van der Waals surface area contributed by atoms with Gasteiger partial charge >= 0.3 is 0 Å². The highest BCUT2D eigenvalue weighted by Crippen LogP contribution is 2.17. The van der Waals surface area contributed by atoms with Crippen LogP contribution in [0, 0.1) is 6.92 Å². The Kier molecular flexibility index (Phi) is 7.17. The number of nitrogens with one attached hydrogen (secondary N) is 1. The first-order valence-corrected chi connectivity index (χ1v) is 11.0. The first kappa shape index (κ1) is 20.6. The topological polar surface area (TPSA) is 24.5 Å². The molecule has 0 radical (unpaired) electrons. The van der Waals surface area contributed by atoms with E-state index in [1.807, 2.05) is 0 Å². The van der Waals surface area contributed by atoms with Gasteiger partial charge in [0.1, 0.15) is 12.4 Å². The smallest absolute Gasteiger partial charge is 0.119 e. The number of hydrogen-bond donors (Lipinski definition) is 1. The zero-order valence-corrected chi connectivity index (χ0v) is 17.9. The van der Waals surface area contributed by atoms with Gasteiger partial charge in [0.2, 0.25) is 0 Å². The minimum Gasteiger partial charge on any atom is -0.489 e. The highest BCUT2D eigenvalue weighted by molar-refractivity contribution is 5.28. The van der Waals surface area contributed by atoms with Crippen molar-refractivity contribution in [2.24, 2.45) is 0 Å². The van der Waals surface area contributed by atoms with Gasteiger partial charge in [0, 0.05) is 19.1 Å². The van der Waals surface area contributed by atoms with Crippen LogP contribution in [0.5, 0.6) is 5.75 Å². The fourth-order valence-corrected chi connectivity index (χ4v) is 3.95. The molecule has 0 amide bonds. The van der Waals surface area contributed by atoms with E-state index in [1.165, 1.54) is 48.2 Å². The molecule has 156 valence electrons. The Labute approximate surface area is 180 Å². The molecular weight excluding hydrogens is 368 g/mol. The number of likely N-dealkylation sites (tertiary alicyclic amines) is 1. The molecule has 1 aliphatic rings. The van der Waals surface area contributed by atoms with Gasteiger partial charge in [0.05, 0.1) is 0 Å². The summed E-state index contributed by atoms with van der Waals surface area (Å²) in [5.41, 5.74) is 5.19. The third-order valence-corrected chi connectivity index (χ3v) is 5.88. The van der Waals surface area contributed by atoms with Crippen LogP contribution >= 0.6 is 0 Å². The lowest BCUT2D eigenvalue weighted by atomic mass is 10.0. The summed E-state index contributed by atoms with van der Waals surface area (Å²) in [6, 6.07) is 28.4. The van der Waals surface area contributed by atoms with E-state index >= 15 is 0 Å². The predicted molar refractivity (Wildman–Crippen MR) is 124 cm³/mol. The SMILES string of the molecule is Cc1ccc(COc2ccc(CNC3CCN(Cc4ccccc4)CC3)cc2)cc1. The maximum absolute atomic E-state index is 5.92. The summed E-state index contributed by atoms with van der Waals surface area (Å²) >= 11 is 0. The lowest BCUT2D eigenvalue weighted by Gasteiger charge is -2.32. The third kappa shape index (κ3) is 6.19. The van der Waals surface area contributed by atoms with Gasteiger partial charge < -0.3 is 10.1 Å². The van der Waals surface area contributed by atoms with Crippen molar-refractivity contribution >= 4 is 0 Å². The van der Waals surface area contributed by atoms with Crippen molar-refractivity contribution in [1.82, 2.24) is 10.2 Å². The van der Waals surface area contributed by atoms with Gasteiger partial charge in [-0.1, -0.05) is 72.3 Å². The van der Waals surface area contributed by atoms with Crippen LogP contribution in [0.1, 0.15) is 35.1 Å². The summed E-state index contributed by atoms with van der Waals surface area (Å²) in [4.78, 5) is 2.56. The van der Waals surface area contributed by atoms with Crippen molar-refractivity contribution in [2.45, 2.75) is 45.5 Å². The van der Waals surface area contributed by atoms with E-state index in [4.69, 9.17) is 4.74 Å². The zero-order chi connectivity index (χ0) is 20.6. The molecule has 0 bridgehead atoms. The molecule has 30 heavy (non-hydrogen) atoms. The summed E-state index contributed by atoms with van der Waals surface area (Å²) in [5.74, 6) is 0.925.